The molecule has 18 heavy (non-hydrogen) atoms. The molecule has 1 aliphatic rings. The van der Waals surface area contributed by atoms with Gasteiger partial charge in [-0.2, -0.15) is 0 Å². The zero-order chi connectivity index (χ0) is 13.2. The van der Waals surface area contributed by atoms with Crippen LogP contribution in [0.25, 0.3) is 0 Å². The third-order valence-electron chi connectivity index (χ3n) is 3.14. The van der Waals surface area contributed by atoms with Crippen LogP contribution in [0.2, 0.25) is 0 Å². The first kappa shape index (κ1) is 15.9. The lowest BCUT2D eigenvalue weighted by Gasteiger charge is -2.30. The van der Waals surface area contributed by atoms with Crippen LogP contribution in [-0.4, -0.2) is 63.4 Å². The zero-order valence-electron chi connectivity index (χ0n) is 11.6. The molecule has 108 valence electrons. The molecule has 0 spiro atoms. The monoisotopic (exact) mass is 261 g/mol. The number of hydrogen-bond donors (Lipinski definition) is 2. The van der Waals surface area contributed by atoms with E-state index in [0.717, 1.165) is 19.6 Å². The molecule has 0 amide bonds. The molecular weight excluding hydrogens is 234 g/mol. The van der Waals surface area contributed by atoms with E-state index >= 15 is 0 Å². The second kappa shape index (κ2) is 9.69. The van der Waals surface area contributed by atoms with Crippen LogP contribution in [0.5, 0.6) is 0 Å². The standard InChI is InChI=1S/C13H27NO4/c1-3-16-6-7-18-10-12(15)8-14-13-4-5-17-9-11(13)2/h11-15H,3-10H2,1-2H3. The minimum absolute atomic E-state index is 0.359. The Bertz CT molecular complexity index is 203. The Morgan fingerprint density at radius 2 is 2.17 bits per heavy atom. The summed E-state index contributed by atoms with van der Waals surface area (Å²) in [5.74, 6) is 0.504. The van der Waals surface area contributed by atoms with Crippen LogP contribution in [0.4, 0.5) is 0 Å². The Morgan fingerprint density at radius 3 is 2.89 bits per heavy atom. The Balaban J connectivity index is 2.00. The van der Waals surface area contributed by atoms with Crippen LogP contribution in [0.15, 0.2) is 0 Å². The van der Waals surface area contributed by atoms with Crippen molar-refractivity contribution in [2.45, 2.75) is 32.4 Å². The van der Waals surface area contributed by atoms with E-state index in [2.05, 4.69) is 12.2 Å². The highest BCUT2D eigenvalue weighted by Crippen LogP contribution is 2.13. The Kier molecular flexibility index (Phi) is 8.54. The highest BCUT2D eigenvalue weighted by atomic mass is 16.5. The summed E-state index contributed by atoms with van der Waals surface area (Å²) in [5.41, 5.74) is 0. The van der Waals surface area contributed by atoms with E-state index in [4.69, 9.17) is 14.2 Å². The molecule has 0 aliphatic carbocycles. The predicted octanol–water partition coefficient (Wildman–Crippen LogP) is 0.415. The zero-order valence-corrected chi connectivity index (χ0v) is 11.6. The van der Waals surface area contributed by atoms with Gasteiger partial charge >= 0.3 is 0 Å². The van der Waals surface area contributed by atoms with Gasteiger partial charge in [0.1, 0.15) is 0 Å². The van der Waals surface area contributed by atoms with Crippen molar-refractivity contribution >= 4 is 0 Å². The highest BCUT2D eigenvalue weighted by Gasteiger charge is 2.21. The molecule has 3 atom stereocenters. The summed E-state index contributed by atoms with van der Waals surface area (Å²) in [6.45, 7) is 8.50. The van der Waals surface area contributed by atoms with Crippen molar-refractivity contribution in [1.29, 1.82) is 0 Å². The summed E-state index contributed by atoms with van der Waals surface area (Å²) in [7, 11) is 0. The molecule has 1 rings (SSSR count). The van der Waals surface area contributed by atoms with Gasteiger partial charge in [-0.25, -0.2) is 0 Å². The Morgan fingerprint density at radius 1 is 1.39 bits per heavy atom. The second-order valence-electron chi connectivity index (χ2n) is 4.78. The number of rotatable bonds is 9. The molecule has 5 heteroatoms. The van der Waals surface area contributed by atoms with E-state index < -0.39 is 6.10 Å². The summed E-state index contributed by atoms with van der Waals surface area (Å²) >= 11 is 0. The lowest BCUT2D eigenvalue weighted by Crippen LogP contribution is -2.45. The minimum Gasteiger partial charge on any atom is -0.389 e. The van der Waals surface area contributed by atoms with E-state index in [1.165, 1.54) is 0 Å². The van der Waals surface area contributed by atoms with Gasteiger partial charge in [0.25, 0.3) is 0 Å². The van der Waals surface area contributed by atoms with Crippen LogP contribution < -0.4 is 5.32 Å². The first-order valence-electron chi connectivity index (χ1n) is 6.88. The van der Waals surface area contributed by atoms with Crippen molar-refractivity contribution in [2.24, 2.45) is 5.92 Å². The van der Waals surface area contributed by atoms with Crippen molar-refractivity contribution in [1.82, 2.24) is 5.32 Å². The normalized spacial score (nSPS) is 26.2. The molecule has 0 aromatic rings. The maximum Gasteiger partial charge on any atom is 0.0897 e. The van der Waals surface area contributed by atoms with E-state index in [-0.39, 0.29) is 0 Å². The van der Waals surface area contributed by atoms with Gasteiger partial charge in [0, 0.05) is 25.8 Å². The highest BCUT2D eigenvalue weighted by molar-refractivity contribution is 4.77. The summed E-state index contributed by atoms with van der Waals surface area (Å²) in [6.07, 6.45) is 0.556. The fourth-order valence-electron chi connectivity index (χ4n) is 2.01. The number of hydrogen-bond acceptors (Lipinski definition) is 5. The average Bonchev–Trinajstić information content (AvgIpc) is 2.37. The van der Waals surface area contributed by atoms with Crippen LogP contribution in [0.1, 0.15) is 20.3 Å². The lowest BCUT2D eigenvalue weighted by atomic mass is 9.98. The van der Waals surface area contributed by atoms with Crippen LogP contribution >= 0.6 is 0 Å². The summed E-state index contributed by atoms with van der Waals surface area (Å²) in [4.78, 5) is 0. The average molecular weight is 261 g/mol. The summed E-state index contributed by atoms with van der Waals surface area (Å²) in [6, 6.07) is 0.442. The number of aliphatic hydroxyl groups excluding tert-OH is 1. The number of aliphatic hydroxyl groups is 1. The van der Waals surface area contributed by atoms with Crippen molar-refractivity contribution in [2.75, 3.05) is 46.2 Å². The van der Waals surface area contributed by atoms with E-state index in [1.807, 2.05) is 6.92 Å². The van der Waals surface area contributed by atoms with E-state index in [1.54, 1.807) is 0 Å². The SMILES string of the molecule is CCOCCOCC(O)CNC1CCOCC1C. The van der Waals surface area contributed by atoms with Gasteiger partial charge < -0.3 is 24.6 Å². The molecule has 5 nitrogen and oxygen atoms in total. The first-order valence-corrected chi connectivity index (χ1v) is 6.88. The maximum atomic E-state index is 9.76. The summed E-state index contributed by atoms with van der Waals surface area (Å²) in [5, 5.41) is 13.1. The third-order valence-corrected chi connectivity index (χ3v) is 3.14. The number of ether oxygens (including phenoxy) is 3. The second-order valence-corrected chi connectivity index (χ2v) is 4.78. The van der Waals surface area contributed by atoms with Gasteiger partial charge in [0.05, 0.1) is 32.5 Å². The molecule has 0 radical (unpaired) electrons. The topological polar surface area (TPSA) is 60.0 Å². The first-order chi connectivity index (χ1) is 8.74. The van der Waals surface area contributed by atoms with Crippen LogP contribution in [0.3, 0.4) is 0 Å². The predicted molar refractivity (Wildman–Crippen MR) is 69.7 cm³/mol. The fraction of sp³-hybridized carbons (Fsp3) is 1.00. The molecule has 1 aliphatic heterocycles. The van der Waals surface area contributed by atoms with Gasteiger partial charge in [-0.15, -0.1) is 0 Å². The van der Waals surface area contributed by atoms with Crippen molar-refractivity contribution in [3.8, 4) is 0 Å². The largest absolute Gasteiger partial charge is 0.389 e. The molecule has 0 bridgehead atoms. The molecule has 0 saturated carbocycles. The third kappa shape index (κ3) is 6.66. The molecule has 1 heterocycles. The van der Waals surface area contributed by atoms with Crippen LogP contribution in [0, 0.1) is 5.92 Å². The van der Waals surface area contributed by atoms with Gasteiger partial charge in [0.15, 0.2) is 0 Å². The van der Waals surface area contributed by atoms with E-state index in [0.29, 0.717) is 44.9 Å². The van der Waals surface area contributed by atoms with Crippen molar-refractivity contribution in [3.63, 3.8) is 0 Å². The molecular formula is C13H27NO4. The summed E-state index contributed by atoms with van der Waals surface area (Å²) < 4.78 is 15.9. The van der Waals surface area contributed by atoms with E-state index in [9.17, 15) is 5.11 Å². The Hall–Kier alpha value is -0.200. The molecule has 1 fully saturated rings. The molecule has 1 saturated heterocycles. The Labute approximate surface area is 110 Å². The molecule has 2 N–H and O–H groups in total. The van der Waals surface area contributed by atoms with Gasteiger partial charge in [-0.3, -0.25) is 0 Å². The molecule has 3 unspecified atom stereocenters. The van der Waals surface area contributed by atoms with Crippen molar-refractivity contribution < 1.29 is 19.3 Å². The van der Waals surface area contributed by atoms with Gasteiger partial charge in [0.2, 0.25) is 0 Å². The van der Waals surface area contributed by atoms with Crippen molar-refractivity contribution in [3.05, 3.63) is 0 Å². The smallest absolute Gasteiger partial charge is 0.0897 e. The molecule has 0 aromatic carbocycles. The minimum atomic E-state index is -0.457. The van der Waals surface area contributed by atoms with Gasteiger partial charge in [-0.05, 0) is 19.3 Å². The molecule has 0 aromatic heterocycles. The fourth-order valence-corrected chi connectivity index (χ4v) is 2.01. The maximum absolute atomic E-state index is 9.76. The van der Waals surface area contributed by atoms with Gasteiger partial charge in [-0.1, -0.05) is 6.92 Å². The lowest BCUT2D eigenvalue weighted by molar-refractivity contribution is -0.000316. The number of nitrogens with one attached hydrogen (secondary N) is 1. The quantitative estimate of drug-likeness (QED) is 0.589. The van der Waals surface area contributed by atoms with Crippen LogP contribution in [-0.2, 0) is 14.2 Å².